The highest BCUT2D eigenvalue weighted by atomic mass is 32.1. The van der Waals surface area contributed by atoms with Crippen LogP contribution in [-0.4, -0.2) is 5.78 Å². The topological polar surface area (TPSA) is 17.1 Å². The Bertz CT molecular complexity index is 628. The van der Waals surface area contributed by atoms with E-state index in [2.05, 4.69) is 0 Å². The van der Waals surface area contributed by atoms with Crippen LogP contribution in [-0.2, 0) is 6.18 Å². The Kier molecular flexibility index (Phi) is 3.45. The first-order valence-corrected chi connectivity index (χ1v) is 6.15. The molecule has 0 atom stereocenters. The number of alkyl halides is 3. The van der Waals surface area contributed by atoms with Gasteiger partial charge in [0.05, 0.1) is 11.1 Å². The molecule has 1 nitrogen and oxygen atoms in total. The number of halogens is 4. The van der Waals surface area contributed by atoms with Gasteiger partial charge in [-0.3, -0.25) is 4.79 Å². The lowest BCUT2D eigenvalue weighted by Crippen LogP contribution is -2.13. The standard InChI is InChI=1S/C13H8F4OS/c1-7-8(5-6-19-7)12(18)9-3-2-4-10(11(9)14)13(15,16)17/h2-6H,1H3. The summed E-state index contributed by atoms with van der Waals surface area (Å²) in [4.78, 5) is 12.7. The van der Waals surface area contributed by atoms with Gasteiger partial charge in [0.2, 0.25) is 0 Å². The van der Waals surface area contributed by atoms with Crippen LogP contribution in [0.1, 0.15) is 26.4 Å². The number of ketones is 1. The Morgan fingerprint density at radius 3 is 2.37 bits per heavy atom. The summed E-state index contributed by atoms with van der Waals surface area (Å²) in [5.74, 6) is -2.26. The van der Waals surface area contributed by atoms with Gasteiger partial charge in [0.15, 0.2) is 5.78 Å². The molecule has 0 amide bonds. The van der Waals surface area contributed by atoms with Crippen LogP contribution in [0.2, 0.25) is 0 Å². The summed E-state index contributed by atoms with van der Waals surface area (Å²) in [6.45, 7) is 1.66. The van der Waals surface area contributed by atoms with Crippen LogP contribution < -0.4 is 0 Å². The summed E-state index contributed by atoms with van der Waals surface area (Å²) in [6, 6.07) is 4.18. The van der Waals surface area contributed by atoms with Crippen molar-refractivity contribution in [2.45, 2.75) is 13.1 Å². The molecule has 0 aliphatic rings. The van der Waals surface area contributed by atoms with Crippen molar-refractivity contribution in [3.05, 3.63) is 57.0 Å². The van der Waals surface area contributed by atoms with Gasteiger partial charge >= 0.3 is 6.18 Å². The molecule has 1 aromatic carbocycles. The number of rotatable bonds is 2. The van der Waals surface area contributed by atoms with Crippen LogP contribution in [0.4, 0.5) is 17.6 Å². The molecular formula is C13H8F4OS. The molecule has 0 radical (unpaired) electrons. The van der Waals surface area contributed by atoms with E-state index in [1.807, 2.05) is 0 Å². The van der Waals surface area contributed by atoms with E-state index in [1.165, 1.54) is 17.4 Å². The Morgan fingerprint density at radius 1 is 1.16 bits per heavy atom. The second kappa shape index (κ2) is 4.77. The minimum atomic E-state index is -4.82. The number of hydrogen-bond donors (Lipinski definition) is 0. The molecule has 0 unspecified atom stereocenters. The molecule has 0 N–H and O–H groups in total. The molecular weight excluding hydrogens is 280 g/mol. The third-order valence-corrected chi connectivity index (χ3v) is 3.50. The maximum Gasteiger partial charge on any atom is 0.419 e. The highest BCUT2D eigenvalue weighted by molar-refractivity contribution is 7.10. The Morgan fingerprint density at radius 2 is 1.84 bits per heavy atom. The quantitative estimate of drug-likeness (QED) is 0.589. The fourth-order valence-electron chi connectivity index (χ4n) is 1.69. The summed E-state index contributed by atoms with van der Waals surface area (Å²) < 4.78 is 51.5. The van der Waals surface area contributed by atoms with Gasteiger partial charge in [0.1, 0.15) is 5.82 Å². The van der Waals surface area contributed by atoms with Gasteiger partial charge in [-0.25, -0.2) is 4.39 Å². The average molecular weight is 288 g/mol. The molecule has 2 aromatic rings. The Balaban J connectivity index is 2.53. The molecule has 100 valence electrons. The van der Waals surface area contributed by atoms with Crippen molar-refractivity contribution in [2.24, 2.45) is 0 Å². The van der Waals surface area contributed by atoms with E-state index < -0.39 is 28.9 Å². The van der Waals surface area contributed by atoms with Crippen molar-refractivity contribution in [3.63, 3.8) is 0 Å². The molecule has 0 bridgehead atoms. The minimum absolute atomic E-state index is 0.225. The van der Waals surface area contributed by atoms with Crippen LogP contribution in [0.15, 0.2) is 29.6 Å². The largest absolute Gasteiger partial charge is 0.419 e. The van der Waals surface area contributed by atoms with Crippen molar-refractivity contribution in [1.29, 1.82) is 0 Å². The monoisotopic (exact) mass is 288 g/mol. The van der Waals surface area contributed by atoms with Gasteiger partial charge in [-0.05, 0) is 30.5 Å². The van der Waals surface area contributed by atoms with Gasteiger partial charge in [-0.15, -0.1) is 11.3 Å². The lowest BCUT2D eigenvalue weighted by Gasteiger charge is -2.10. The molecule has 0 saturated carbocycles. The summed E-state index contributed by atoms with van der Waals surface area (Å²) in [6.07, 6.45) is -4.82. The van der Waals surface area contributed by atoms with Gasteiger partial charge in [-0.1, -0.05) is 6.07 Å². The fourth-order valence-corrected chi connectivity index (χ4v) is 2.39. The lowest BCUT2D eigenvalue weighted by molar-refractivity contribution is -0.140. The van der Waals surface area contributed by atoms with Crippen LogP contribution in [0.3, 0.4) is 0 Å². The van der Waals surface area contributed by atoms with Crippen molar-refractivity contribution < 1.29 is 22.4 Å². The average Bonchev–Trinajstić information content (AvgIpc) is 2.73. The zero-order chi connectivity index (χ0) is 14.2. The van der Waals surface area contributed by atoms with E-state index in [0.29, 0.717) is 10.9 Å². The molecule has 0 spiro atoms. The summed E-state index contributed by atoms with van der Waals surface area (Å²) in [5.41, 5.74) is -1.76. The first kappa shape index (κ1) is 13.7. The molecule has 0 fully saturated rings. The number of hydrogen-bond acceptors (Lipinski definition) is 2. The van der Waals surface area contributed by atoms with Gasteiger partial charge in [0, 0.05) is 10.4 Å². The second-order valence-electron chi connectivity index (χ2n) is 3.88. The Labute approximate surface area is 110 Å². The third kappa shape index (κ3) is 2.53. The highest BCUT2D eigenvalue weighted by Crippen LogP contribution is 2.33. The SMILES string of the molecule is Cc1sccc1C(=O)c1cccc(C(F)(F)F)c1F. The Hall–Kier alpha value is -1.69. The van der Waals surface area contributed by atoms with Crippen molar-refractivity contribution in [3.8, 4) is 0 Å². The van der Waals surface area contributed by atoms with Gasteiger partial charge in [-0.2, -0.15) is 13.2 Å². The van der Waals surface area contributed by atoms with Crippen LogP contribution >= 0.6 is 11.3 Å². The van der Waals surface area contributed by atoms with E-state index in [-0.39, 0.29) is 5.56 Å². The summed E-state index contributed by atoms with van der Waals surface area (Å²) in [7, 11) is 0. The zero-order valence-corrected chi connectivity index (χ0v) is 10.5. The number of carbonyl (C=O) groups excluding carboxylic acids is 1. The van der Waals surface area contributed by atoms with Crippen LogP contribution in [0.5, 0.6) is 0 Å². The van der Waals surface area contributed by atoms with Gasteiger partial charge in [0.25, 0.3) is 0 Å². The van der Waals surface area contributed by atoms with Crippen molar-refractivity contribution in [1.82, 2.24) is 0 Å². The molecule has 0 aliphatic heterocycles. The van der Waals surface area contributed by atoms with Crippen molar-refractivity contribution in [2.75, 3.05) is 0 Å². The number of thiophene rings is 1. The fraction of sp³-hybridized carbons (Fsp3) is 0.154. The van der Waals surface area contributed by atoms with E-state index >= 15 is 0 Å². The summed E-state index contributed by atoms with van der Waals surface area (Å²) in [5, 5.41) is 1.63. The third-order valence-electron chi connectivity index (χ3n) is 2.65. The molecule has 0 aliphatic carbocycles. The van der Waals surface area contributed by atoms with Crippen LogP contribution in [0, 0.1) is 12.7 Å². The highest BCUT2D eigenvalue weighted by Gasteiger charge is 2.35. The lowest BCUT2D eigenvalue weighted by atomic mass is 10.0. The first-order chi connectivity index (χ1) is 8.82. The molecule has 19 heavy (non-hydrogen) atoms. The number of benzene rings is 1. The summed E-state index contributed by atoms with van der Waals surface area (Å²) >= 11 is 1.28. The number of carbonyl (C=O) groups is 1. The maximum absolute atomic E-state index is 13.8. The minimum Gasteiger partial charge on any atom is -0.288 e. The smallest absolute Gasteiger partial charge is 0.288 e. The molecule has 2 rings (SSSR count). The molecule has 0 saturated heterocycles. The van der Waals surface area contributed by atoms with E-state index in [0.717, 1.165) is 12.1 Å². The predicted molar refractivity (Wildman–Crippen MR) is 63.9 cm³/mol. The van der Waals surface area contributed by atoms with Crippen LogP contribution in [0.25, 0.3) is 0 Å². The van der Waals surface area contributed by atoms with E-state index in [1.54, 1.807) is 12.3 Å². The second-order valence-corrected chi connectivity index (χ2v) is 5.00. The normalized spacial score (nSPS) is 11.6. The predicted octanol–water partition coefficient (Wildman–Crippen LogP) is 4.45. The van der Waals surface area contributed by atoms with Crippen molar-refractivity contribution >= 4 is 17.1 Å². The zero-order valence-electron chi connectivity index (χ0n) is 9.72. The maximum atomic E-state index is 13.8. The number of aryl methyl sites for hydroxylation is 1. The first-order valence-electron chi connectivity index (χ1n) is 5.27. The van der Waals surface area contributed by atoms with Gasteiger partial charge < -0.3 is 0 Å². The molecule has 1 aromatic heterocycles. The molecule has 1 heterocycles. The van der Waals surface area contributed by atoms with E-state index in [9.17, 15) is 22.4 Å². The molecule has 6 heteroatoms. The van der Waals surface area contributed by atoms with E-state index in [4.69, 9.17) is 0 Å².